The molecule has 3 rings (SSSR count). The number of methoxy groups -OCH3 is 1. The molecule has 3 aliphatic carbocycles. The van der Waals surface area contributed by atoms with E-state index < -0.39 is 7.26 Å². The van der Waals surface area contributed by atoms with Gasteiger partial charge in [0, 0.05) is 14.4 Å². The fourth-order valence-electron chi connectivity index (χ4n) is 6.28. The molecule has 1 nitrogen and oxygen atoms in total. The van der Waals surface area contributed by atoms with Crippen LogP contribution in [0.4, 0.5) is 0 Å². The second kappa shape index (κ2) is 10.3. The Labute approximate surface area is 157 Å². The highest BCUT2D eigenvalue weighted by molar-refractivity contribution is 7.78. The third-order valence-electron chi connectivity index (χ3n) is 7.46. The lowest BCUT2D eigenvalue weighted by atomic mass is 9.99. The molecule has 0 aromatic heterocycles. The molecule has 0 atom stereocenters. The Morgan fingerprint density at radius 1 is 0.640 bits per heavy atom. The van der Waals surface area contributed by atoms with Crippen molar-refractivity contribution in [3.05, 3.63) is 0 Å². The molecule has 0 aromatic rings. The molecule has 3 aliphatic rings. The first-order valence-corrected chi connectivity index (χ1v) is 13.4. The normalized spacial score (nSPS) is 24.7. The van der Waals surface area contributed by atoms with E-state index in [4.69, 9.17) is 4.74 Å². The van der Waals surface area contributed by atoms with E-state index in [0.29, 0.717) is 6.61 Å². The summed E-state index contributed by atoms with van der Waals surface area (Å²) >= 11 is 0. The van der Waals surface area contributed by atoms with E-state index in [9.17, 15) is 0 Å². The van der Waals surface area contributed by atoms with Crippen molar-refractivity contribution in [1.82, 2.24) is 0 Å². The maximum atomic E-state index is 5.23. The summed E-state index contributed by atoms with van der Waals surface area (Å²) in [5, 5.41) is 0. The highest BCUT2D eigenvalue weighted by atomic mass is 31.2. The molecule has 0 amide bonds. The summed E-state index contributed by atoms with van der Waals surface area (Å²) in [6, 6.07) is 0. The van der Waals surface area contributed by atoms with Gasteiger partial charge in [0.25, 0.3) is 0 Å². The number of hydrogen-bond acceptors (Lipinski definition) is 1. The molecule has 0 radical (unpaired) electrons. The van der Waals surface area contributed by atoms with Crippen molar-refractivity contribution in [2.45, 2.75) is 113 Å². The van der Waals surface area contributed by atoms with Gasteiger partial charge in [0.1, 0.15) is 12.8 Å². The van der Waals surface area contributed by atoms with Gasteiger partial charge >= 0.3 is 0 Å². The maximum Gasteiger partial charge on any atom is 0.120 e. The van der Waals surface area contributed by atoms with Gasteiger partial charge in [0.2, 0.25) is 0 Å². The topological polar surface area (TPSA) is 9.23 Å². The lowest BCUT2D eigenvalue weighted by Gasteiger charge is -2.48. The lowest BCUT2D eigenvalue weighted by Crippen LogP contribution is -2.37. The second-order valence-corrected chi connectivity index (χ2v) is 13.3. The Morgan fingerprint density at radius 2 is 1.04 bits per heavy atom. The van der Waals surface area contributed by atoms with Crippen LogP contribution in [0.25, 0.3) is 0 Å². The van der Waals surface area contributed by atoms with Gasteiger partial charge in [-0.1, -0.05) is 31.1 Å². The van der Waals surface area contributed by atoms with Crippen LogP contribution in [0.2, 0.25) is 0 Å². The fourth-order valence-corrected chi connectivity index (χ4v) is 13.2. The number of hydrogen-bond donors (Lipinski definition) is 0. The maximum absolute atomic E-state index is 5.23. The zero-order chi connectivity index (χ0) is 17.4. The van der Waals surface area contributed by atoms with Crippen LogP contribution in [0, 0.1) is 11.8 Å². The van der Waals surface area contributed by atoms with Crippen molar-refractivity contribution < 1.29 is 4.74 Å². The average Bonchev–Trinajstić information content (AvgIpc) is 2.70. The van der Waals surface area contributed by atoms with Gasteiger partial charge < -0.3 is 4.74 Å². The van der Waals surface area contributed by atoms with Crippen LogP contribution in [0.5, 0.6) is 0 Å². The van der Waals surface area contributed by atoms with Crippen LogP contribution in [-0.4, -0.2) is 36.9 Å². The van der Waals surface area contributed by atoms with E-state index in [1.165, 1.54) is 102 Å². The van der Waals surface area contributed by atoms with E-state index in [1.54, 1.807) is 7.11 Å². The van der Waals surface area contributed by atoms with E-state index in [2.05, 4.69) is 11.8 Å². The minimum absolute atomic E-state index is 0.625. The van der Waals surface area contributed by atoms with Gasteiger partial charge in [0.15, 0.2) is 0 Å². The van der Waals surface area contributed by atoms with E-state index in [-0.39, 0.29) is 0 Å². The third kappa shape index (κ3) is 4.82. The van der Waals surface area contributed by atoms with E-state index in [1.807, 2.05) is 0 Å². The molecule has 0 aliphatic heterocycles. The van der Waals surface area contributed by atoms with Crippen molar-refractivity contribution in [3.8, 4) is 11.8 Å². The van der Waals surface area contributed by atoms with Crippen LogP contribution in [0.15, 0.2) is 0 Å². The SMILES string of the molecule is COCC#CC[P+](C1CCCCC1)(C1CCCCC1)C1CCCCC1. The molecule has 25 heavy (non-hydrogen) atoms. The van der Waals surface area contributed by atoms with Crippen LogP contribution >= 0.6 is 7.26 Å². The van der Waals surface area contributed by atoms with Crippen LogP contribution in [0.3, 0.4) is 0 Å². The van der Waals surface area contributed by atoms with Gasteiger partial charge in [-0.05, 0) is 77.0 Å². The largest absolute Gasteiger partial charge is 0.372 e. The summed E-state index contributed by atoms with van der Waals surface area (Å²) in [6.45, 7) is 0.625. The second-order valence-electron chi connectivity index (χ2n) is 8.82. The Hall–Kier alpha value is -0.0500. The van der Waals surface area contributed by atoms with Crippen LogP contribution < -0.4 is 0 Å². The standard InChI is InChI=1S/C23H40OP/c1-24-19-11-12-20-25(21-13-5-2-6-14-21,22-15-7-3-8-16-22)23-17-9-4-10-18-23/h21-23H,2-10,13-20H2,1H3/q+1. The van der Waals surface area contributed by atoms with Crippen molar-refractivity contribution in [2.24, 2.45) is 0 Å². The minimum Gasteiger partial charge on any atom is -0.372 e. The summed E-state index contributed by atoms with van der Waals surface area (Å²) < 4.78 is 5.23. The van der Waals surface area contributed by atoms with Gasteiger partial charge in [-0.3, -0.25) is 0 Å². The monoisotopic (exact) mass is 363 g/mol. The fraction of sp³-hybridized carbons (Fsp3) is 0.913. The molecule has 0 heterocycles. The van der Waals surface area contributed by atoms with Crippen molar-refractivity contribution >= 4 is 7.26 Å². The number of rotatable bonds is 5. The zero-order valence-corrected chi connectivity index (χ0v) is 17.5. The van der Waals surface area contributed by atoms with Gasteiger partial charge in [-0.2, -0.15) is 0 Å². The summed E-state index contributed by atoms with van der Waals surface area (Å²) in [5.41, 5.74) is 3.18. The molecule has 0 bridgehead atoms. The van der Waals surface area contributed by atoms with Gasteiger partial charge in [-0.25, -0.2) is 0 Å². The van der Waals surface area contributed by atoms with Crippen molar-refractivity contribution in [2.75, 3.05) is 19.9 Å². The molecule has 142 valence electrons. The Bertz CT molecular complexity index is 385. The first kappa shape index (κ1) is 19.7. The van der Waals surface area contributed by atoms with E-state index in [0.717, 1.165) is 17.0 Å². The van der Waals surface area contributed by atoms with Gasteiger partial charge in [-0.15, -0.1) is 0 Å². The molecule has 3 fully saturated rings. The average molecular weight is 364 g/mol. The zero-order valence-electron chi connectivity index (χ0n) is 16.6. The molecule has 2 heteroatoms. The quantitative estimate of drug-likeness (QED) is 0.392. The predicted molar refractivity (Wildman–Crippen MR) is 112 cm³/mol. The molecule has 0 spiro atoms. The van der Waals surface area contributed by atoms with Crippen molar-refractivity contribution in [1.29, 1.82) is 0 Å². The third-order valence-corrected chi connectivity index (χ3v) is 13.8. The number of ether oxygens (including phenoxy) is 1. The first-order chi connectivity index (χ1) is 12.4. The van der Waals surface area contributed by atoms with E-state index >= 15 is 0 Å². The molecule has 0 unspecified atom stereocenters. The smallest absolute Gasteiger partial charge is 0.120 e. The summed E-state index contributed by atoms with van der Waals surface area (Å²) in [6.07, 6.45) is 23.9. The van der Waals surface area contributed by atoms with Crippen molar-refractivity contribution in [3.63, 3.8) is 0 Å². The minimum atomic E-state index is -0.992. The Balaban J connectivity index is 1.89. The Kier molecular flexibility index (Phi) is 8.14. The molecular weight excluding hydrogens is 323 g/mol. The summed E-state index contributed by atoms with van der Waals surface area (Å²) in [4.78, 5) is 0. The highest BCUT2D eigenvalue weighted by Crippen LogP contribution is 2.76. The van der Waals surface area contributed by atoms with Crippen LogP contribution in [-0.2, 0) is 4.74 Å². The Morgan fingerprint density at radius 3 is 1.40 bits per heavy atom. The van der Waals surface area contributed by atoms with Crippen LogP contribution in [0.1, 0.15) is 96.3 Å². The first-order valence-electron chi connectivity index (χ1n) is 11.2. The molecular formula is C23H40OP+. The molecule has 0 N–H and O–H groups in total. The van der Waals surface area contributed by atoms with Gasteiger partial charge in [0.05, 0.1) is 17.0 Å². The molecule has 3 saturated carbocycles. The molecule has 0 aromatic carbocycles. The highest BCUT2D eigenvalue weighted by Gasteiger charge is 2.56. The lowest BCUT2D eigenvalue weighted by molar-refractivity contribution is 0.240. The molecule has 0 saturated heterocycles. The summed E-state index contributed by atoms with van der Waals surface area (Å²) in [5.74, 6) is 7.06. The predicted octanol–water partition coefficient (Wildman–Crippen LogP) is 6.65. The summed E-state index contributed by atoms with van der Waals surface area (Å²) in [7, 11) is 0.786.